The van der Waals surface area contributed by atoms with Gasteiger partial charge in [0.1, 0.15) is 0 Å². The first kappa shape index (κ1) is 7.02. The third-order valence-electron chi connectivity index (χ3n) is 0.983. The van der Waals surface area contributed by atoms with Gasteiger partial charge in [-0.1, -0.05) is 0 Å². The van der Waals surface area contributed by atoms with E-state index >= 15 is 0 Å². The highest BCUT2D eigenvalue weighted by atomic mass is 32.2. The quantitative estimate of drug-likeness (QED) is 0.431. The molecule has 0 fully saturated rings. The monoisotopic (exact) mass is 120 g/mol. The fraction of sp³-hybridized carbons (Fsp3) is 0.800. The lowest BCUT2D eigenvalue weighted by molar-refractivity contribution is 0.688. The molecule has 0 atom stereocenters. The standard InChI is InChI=1S/C5H12OS/c1-5(2)7(3,4)6/h1-4H3. The minimum atomic E-state index is -1.57. The van der Waals surface area contributed by atoms with Crippen LogP contribution < -0.4 is 0 Å². The van der Waals surface area contributed by atoms with Gasteiger partial charge in [-0.3, -0.25) is 4.21 Å². The zero-order chi connectivity index (χ0) is 6.08. The summed E-state index contributed by atoms with van der Waals surface area (Å²) in [6, 6.07) is 0. The van der Waals surface area contributed by atoms with Gasteiger partial charge in [-0.05, 0) is 28.2 Å². The molecule has 0 aromatic rings. The van der Waals surface area contributed by atoms with Crippen molar-refractivity contribution in [3.63, 3.8) is 0 Å². The molecule has 0 aliphatic rings. The first-order valence-electron chi connectivity index (χ1n) is 2.19. The molecule has 44 valence electrons. The highest BCUT2D eigenvalue weighted by molar-refractivity contribution is 8.01. The van der Waals surface area contributed by atoms with Gasteiger partial charge in [-0.2, -0.15) is 0 Å². The molecule has 0 saturated carbocycles. The van der Waals surface area contributed by atoms with Crippen molar-refractivity contribution in [3.8, 4) is 0 Å². The highest BCUT2D eigenvalue weighted by Crippen LogP contribution is 1.80. The average Bonchev–Trinajstić information content (AvgIpc) is 1.31. The second-order valence-corrected chi connectivity index (χ2v) is 5.42. The van der Waals surface area contributed by atoms with E-state index in [4.69, 9.17) is 0 Å². The molecule has 7 heavy (non-hydrogen) atoms. The summed E-state index contributed by atoms with van der Waals surface area (Å²) in [5, 5.41) is 0. The fourth-order valence-corrected chi connectivity index (χ4v) is 0. The number of hydrogen-bond donors (Lipinski definition) is 0. The van der Waals surface area contributed by atoms with Crippen LogP contribution in [0.3, 0.4) is 0 Å². The van der Waals surface area contributed by atoms with Crippen LogP contribution >= 0.6 is 0 Å². The molecule has 0 amide bonds. The maximum atomic E-state index is 10.8. The Kier molecular flexibility index (Phi) is 1.87. The fourth-order valence-electron chi connectivity index (χ4n) is 0. The second kappa shape index (κ2) is 1.86. The Labute approximate surface area is 45.7 Å². The molecule has 0 unspecified atom stereocenters. The normalized spacial score (nSPS) is 11.4. The molecule has 0 aliphatic heterocycles. The molecule has 0 bridgehead atoms. The first-order chi connectivity index (χ1) is 2.94. The van der Waals surface area contributed by atoms with Gasteiger partial charge >= 0.3 is 0 Å². The third kappa shape index (κ3) is 2.68. The average molecular weight is 120 g/mol. The molecule has 0 spiro atoms. The molecule has 0 radical (unpaired) electrons. The summed E-state index contributed by atoms with van der Waals surface area (Å²) in [6.45, 7) is 3.78. The molecule has 0 aromatic heterocycles. The van der Waals surface area contributed by atoms with E-state index in [0.717, 1.165) is 4.86 Å². The van der Waals surface area contributed by atoms with Crippen molar-refractivity contribution < 1.29 is 4.21 Å². The van der Waals surface area contributed by atoms with Crippen molar-refractivity contribution in [1.29, 1.82) is 0 Å². The van der Waals surface area contributed by atoms with Crippen molar-refractivity contribution in [2.24, 2.45) is 0 Å². The lowest BCUT2D eigenvalue weighted by Crippen LogP contribution is -2.02. The zero-order valence-electron chi connectivity index (χ0n) is 5.32. The van der Waals surface area contributed by atoms with Gasteiger partial charge in [0.15, 0.2) is 0 Å². The molecule has 0 heterocycles. The molecule has 1 nitrogen and oxygen atoms in total. The largest absolute Gasteiger partial charge is 0.268 e. The van der Waals surface area contributed by atoms with Crippen LogP contribution in [0.1, 0.15) is 13.8 Å². The summed E-state index contributed by atoms with van der Waals surface area (Å²) >= 11 is 0. The van der Waals surface area contributed by atoms with Crippen LogP contribution in [-0.4, -0.2) is 21.6 Å². The Morgan fingerprint density at radius 2 is 1.43 bits per heavy atom. The summed E-state index contributed by atoms with van der Waals surface area (Å²) < 4.78 is 10.8. The Morgan fingerprint density at radius 3 is 1.43 bits per heavy atom. The van der Waals surface area contributed by atoms with Gasteiger partial charge in [0.2, 0.25) is 0 Å². The van der Waals surface area contributed by atoms with Crippen molar-refractivity contribution in [2.45, 2.75) is 13.8 Å². The van der Waals surface area contributed by atoms with Crippen molar-refractivity contribution in [3.05, 3.63) is 0 Å². The lowest BCUT2D eigenvalue weighted by Gasteiger charge is -1.94. The Bertz CT molecular complexity index is 149. The van der Waals surface area contributed by atoms with Gasteiger partial charge in [-0.25, -0.2) is 0 Å². The Hall–Kier alpha value is 0.0200. The van der Waals surface area contributed by atoms with Crippen LogP contribution in [0.4, 0.5) is 0 Å². The van der Waals surface area contributed by atoms with Gasteiger partial charge in [0.05, 0.1) is 0 Å². The summed E-state index contributed by atoms with van der Waals surface area (Å²) in [5.41, 5.74) is 0. The SMILES string of the molecule is CC(C)=S(C)(C)=O. The van der Waals surface area contributed by atoms with Gasteiger partial charge in [0.25, 0.3) is 0 Å². The zero-order valence-corrected chi connectivity index (χ0v) is 6.13. The Morgan fingerprint density at radius 1 is 1.29 bits per heavy atom. The topological polar surface area (TPSA) is 17.1 Å². The Balaban J connectivity index is 4.67. The molecular formula is C5H12OS. The van der Waals surface area contributed by atoms with Crippen LogP contribution in [0, 0.1) is 0 Å². The minimum Gasteiger partial charge on any atom is -0.268 e. The lowest BCUT2D eigenvalue weighted by atomic mass is 10.6. The number of hydrogen-bond acceptors (Lipinski definition) is 1. The van der Waals surface area contributed by atoms with E-state index < -0.39 is 9.52 Å². The van der Waals surface area contributed by atoms with Gasteiger partial charge < -0.3 is 0 Å². The molecular weight excluding hydrogens is 108 g/mol. The van der Waals surface area contributed by atoms with Crippen LogP contribution in [0.25, 0.3) is 0 Å². The second-order valence-electron chi connectivity index (χ2n) is 2.14. The highest BCUT2D eigenvalue weighted by Gasteiger charge is 1.87. The van der Waals surface area contributed by atoms with E-state index in [1.807, 2.05) is 13.8 Å². The van der Waals surface area contributed by atoms with Crippen LogP contribution in [0.2, 0.25) is 0 Å². The molecule has 2 heteroatoms. The van der Waals surface area contributed by atoms with Crippen LogP contribution in [-0.2, 0) is 9.52 Å². The first-order valence-corrected chi connectivity index (χ1v) is 4.56. The van der Waals surface area contributed by atoms with E-state index in [1.54, 1.807) is 12.5 Å². The van der Waals surface area contributed by atoms with Gasteiger partial charge in [-0.15, -0.1) is 0 Å². The number of rotatable bonds is 0. The van der Waals surface area contributed by atoms with Crippen molar-refractivity contribution in [2.75, 3.05) is 12.5 Å². The molecule has 0 aliphatic carbocycles. The predicted octanol–water partition coefficient (Wildman–Crippen LogP) is 0.743. The minimum absolute atomic E-state index is 1.02. The smallest absolute Gasteiger partial charge is 0.00455 e. The molecule has 0 N–H and O–H groups in total. The molecule has 0 saturated heterocycles. The van der Waals surface area contributed by atoms with E-state index in [2.05, 4.69) is 0 Å². The van der Waals surface area contributed by atoms with E-state index in [9.17, 15) is 4.21 Å². The third-order valence-corrected chi connectivity index (χ3v) is 2.95. The molecule has 0 aromatic carbocycles. The summed E-state index contributed by atoms with van der Waals surface area (Å²) in [4.78, 5) is 1.02. The van der Waals surface area contributed by atoms with E-state index in [1.165, 1.54) is 0 Å². The summed E-state index contributed by atoms with van der Waals surface area (Å²) in [7, 11) is -1.57. The van der Waals surface area contributed by atoms with E-state index in [-0.39, 0.29) is 0 Å². The molecule has 0 rings (SSSR count). The van der Waals surface area contributed by atoms with E-state index in [0.29, 0.717) is 0 Å². The summed E-state index contributed by atoms with van der Waals surface area (Å²) in [5.74, 6) is 0. The maximum absolute atomic E-state index is 10.8. The summed E-state index contributed by atoms with van der Waals surface area (Å²) in [6.07, 6.45) is 3.50. The predicted molar refractivity (Wildman–Crippen MR) is 36.3 cm³/mol. The van der Waals surface area contributed by atoms with Gasteiger partial charge in [0, 0.05) is 12.5 Å². The maximum Gasteiger partial charge on any atom is 0.00455 e. The van der Waals surface area contributed by atoms with Crippen LogP contribution in [0.15, 0.2) is 0 Å². The van der Waals surface area contributed by atoms with Crippen LogP contribution in [0.5, 0.6) is 0 Å². The van der Waals surface area contributed by atoms with Crippen molar-refractivity contribution in [1.82, 2.24) is 0 Å². The van der Waals surface area contributed by atoms with Crippen molar-refractivity contribution >= 4 is 14.4 Å².